The highest BCUT2D eigenvalue weighted by Crippen LogP contribution is 2.44. The molecule has 244 valence electrons. The molecular weight excluding hydrogens is 582 g/mol. The van der Waals surface area contributed by atoms with E-state index in [9.17, 15) is 0 Å². The summed E-state index contributed by atoms with van der Waals surface area (Å²) in [5, 5.41) is 0. The molecule has 0 radical (unpaired) electrons. The molecule has 4 rings (SSSR count). The van der Waals surface area contributed by atoms with Crippen molar-refractivity contribution in [2.24, 2.45) is 28.7 Å². The second-order valence-corrected chi connectivity index (χ2v) is 10.1. The molecule has 0 saturated carbocycles. The van der Waals surface area contributed by atoms with Crippen LogP contribution in [0.5, 0.6) is 28.7 Å². The zero-order valence-corrected chi connectivity index (χ0v) is 26.2. The summed E-state index contributed by atoms with van der Waals surface area (Å²) >= 11 is 0. The molecule has 4 aromatic rings. The molecule has 0 spiro atoms. The number of rotatable bonds is 19. The Morgan fingerprint density at radius 1 is 0.391 bits per heavy atom. The second kappa shape index (κ2) is 18.4. The van der Waals surface area contributed by atoms with Crippen molar-refractivity contribution in [3.63, 3.8) is 0 Å². The van der Waals surface area contributed by atoms with Crippen LogP contribution in [0.4, 0.5) is 0 Å². The van der Waals surface area contributed by atoms with Gasteiger partial charge < -0.3 is 52.4 Å². The van der Waals surface area contributed by atoms with E-state index in [0.29, 0.717) is 94.5 Å². The molecule has 0 bridgehead atoms. The molecule has 10 heteroatoms. The number of nitrogens with two attached hydrogens (primary N) is 5. The fourth-order valence-electron chi connectivity index (χ4n) is 4.90. The molecule has 0 unspecified atom stereocenters. The van der Waals surface area contributed by atoms with Gasteiger partial charge in [-0.3, -0.25) is 0 Å². The van der Waals surface area contributed by atoms with Crippen molar-refractivity contribution in [3.8, 4) is 28.7 Å². The largest absolute Gasteiger partial charge is 0.492 e. The molecule has 0 saturated heterocycles. The maximum atomic E-state index is 6.28. The standard InChI is InChI=1S/C36H45N5O5/c37-14-19-42-28-8-6-27(7-9-28)36(32-13-11-30(44-21-16-39)25-34(32)46-23-18-41)35(26-4-2-1-3-5-26)31-12-10-29(43-20-15-38)24-33(31)45-22-17-40/h1-13,24-25H,14-23,37-41H2/b36-35+. The van der Waals surface area contributed by atoms with Gasteiger partial charge in [-0.1, -0.05) is 42.5 Å². The highest BCUT2D eigenvalue weighted by molar-refractivity contribution is 6.06. The smallest absolute Gasteiger partial charge is 0.130 e. The summed E-state index contributed by atoms with van der Waals surface area (Å²) in [6.07, 6.45) is 0. The molecule has 10 N–H and O–H groups in total. The van der Waals surface area contributed by atoms with Gasteiger partial charge >= 0.3 is 0 Å². The SMILES string of the molecule is NCCOc1ccc(/C(=C(/c2ccccc2)c2ccc(OCCN)cc2OCCN)c2ccc(OCCN)cc2OCCN)cc1. The third kappa shape index (κ3) is 9.23. The molecule has 0 fully saturated rings. The highest BCUT2D eigenvalue weighted by atomic mass is 16.5. The van der Waals surface area contributed by atoms with Crippen LogP contribution in [0.15, 0.2) is 91.0 Å². The lowest BCUT2D eigenvalue weighted by Crippen LogP contribution is -2.14. The van der Waals surface area contributed by atoms with E-state index in [-0.39, 0.29) is 0 Å². The summed E-state index contributed by atoms with van der Waals surface area (Å²) in [5.41, 5.74) is 34.2. The van der Waals surface area contributed by atoms with Crippen molar-refractivity contribution in [2.75, 3.05) is 65.8 Å². The quantitative estimate of drug-likeness (QED) is 0.0969. The zero-order valence-electron chi connectivity index (χ0n) is 26.2. The Bertz CT molecular complexity index is 1530. The number of benzene rings is 4. The van der Waals surface area contributed by atoms with Crippen LogP contribution in [0.1, 0.15) is 22.3 Å². The van der Waals surface area contributed by atoms with Crippen LogP contribution in [0.3, 0.4) is 0 Å². The van der Waals surface area contributed by atoms with Crippen LogP contribution in [0.25, 0.3) is 11.1 Å². The van der Waals surface area contributed by atoms with Gasteiger partial charge in [0.1, 0.15) is 61.8 Å². The number of hydrogen-bond donors (Lipinski definition) is 5. The topological polar surface area (TPSA) is 176 Å². The Balaban J connectivity index is 2.07. The average Bonchev–Trinajstić information content (AvgIpc) is 3.10. The third-order valence-corrected chi connectivity index (χ3v) is 6.81. The maximum Gasteiger partial charge on any atom is 0.130 e. The summed E-state index contributed by atoms with van der Waals surface area (Å²) in [6, 6.07) is 29.6. The molecular formula is C36H45N5O5. The van der Waals surface area contributed by atoms with E-state index in [1.165, 1.54) is 0 Å². The minimum Gasteiger partial charge on any atom is -0.492 e. The van der Waals surface area contributed by atoms with Gasteiger partial charge in [-0.05, 0) is 47.5 Å². The van der Waals surface area contributed by atoms with Crippen LogP contribution in [0, 0.1) is 0 Å². The molecule has 10 nitrogen and oxygen atoms in total. The summed E-state index contributed by atoms with van der Waals surface area (Å²) < 4.78 is 30.1. The van der Waals surface area contributed by atoms with Crippen molar-refractivity contribution in [3.05, 3.63) is 113 Å². The van der Waals surface area contributed by atoms with Gasteiger partial charge in [0.05, 0.1) is 0 Å². The molecule has 0 heterocycles. The second-order valence-electron chi connectivity index (χ2n) is 10.1. The van der Waals surface area contributed by atoms with Crippen molar-refractivity contribution in [1.82, 2.24) is 0 Å². The molecule has 4 aromatic carbocycles. The van der Waals surface area contributed by atoms with Crippen molar-refractivity contribution >= 4 is 11.1 Å². The zero-order chi connectivity index (χ0) is 32.6. The minimum absolute atomic E-state index is 0.311. The number of hydrogen-bond acceptors (Lipinski definition) is 10. The van der Waals surface area contributed by atoms with Gasteiger partial charge in [0.25, 0.3) is 0 Å². The average molecular weight is 628 g/mol. The Labute approximate surface area is 271 Å². The van der Waals surface area contributed by atoms with Crippen molar-refractivity contribution in [1.29, 1.82) is 0 Å². The highest BCUT2D eigenvalue weighted by Gasteiger charge is 2.23. The lowest BCUT2D eigenvalue weighted by atomic mass is 9.85. The van der Waals surface area contributed by atoms with E-state index in [1.54, 1.807) is 0 Å². The molecule has 46 heavy (non-hydrogen) atoms. The predicted octanol–water partition coefficient (Wildman–Crippen LogP) is 3.38. The molecule has 0 aliphatic carbocycles. The van der Waals surface area contributed by atoms with Gasteiger partial charge in [-0.15, -0.1) is 0 Å². The summed E-state index contributed by atoms with van der Waals surface area (Å²) in [4.78, 5) is 0. The first-order valence-electron chi connectivity index (χ1n) is 15.5. The Hall–Kier alpha value is -4.58. The van der Waals surface area contributed by atoms with Gasteiger partial charge in [0.15, 0.2) is 0 Å². The van der Waals surface area contributed by atoms with Gasteiger partial charge in [0, 0.05) is 67.1 Å². The van der Waals surface area contributed by atoms with Gasteiger partial charge in [0.2, 0.25) is 0 Å². The van der Waals surface area contributed by atoms with Crippen LogP contribution in [-0.4, -0.2) is 65.8 Å². The van der Waals surface area contributed by atoms with E-state index in [2.05, 4.69) is 12.1 Å². The summed E-state index contributed by atoms with van der Waals surface area (Å²) in [7, 11) is 0. The van der Waals surface area contributed by atoms with Gasteiger partial charge in [-0.25, -0.2) is 0 Å². The van der Waals surface area contributed by atoms with Gasteiger partial charge in [-0.2, -0.15) is 0 Å². The van der Waals surface area contributed by atoms with Crippen LogP contribution >= 0.6 is 0 Å². The first-order chi connectivity index (χ1) is 22.6. The third-order valence-electron chi connectivity index (χ3n) is 6.81. The van der Waals surface area contributed by atoms with E-state index in [0.717, 1.165) is 33.4 Å². The molecule has 0 aromatic heterocycles. The van der Waals surface area contributed by atoms with Crippen LogP contribution < -0.4 is 52.4 Å². The van der Waals surface area contributed by atoms with E-state index >= 15 is 0 Å². The van der Waals surface area contributed by atoms with Crippen molar-refractivity contribution in [2.45, 2.75) is 0 Å². The van der Waals surface area contributed by atoms with E-state index in [1.807, 2.05) is 78.9 Å². The van der Waals surface area contributed by atoms with Crippen molar-refractivity contribution < 1.29 is 23.7 Å². The summed E-state index contributed by atoms with van der Waals surface area (Å²) in [5.74, 6) is 3.23. The Kier molecular flexibility index (Phi) is 13.7. The van der Waals surface area contributed by atoms with E-state index in [4.69, 9.17) is 52.4 Å². The monoisotopic (exact) mass is 627 g/mol. The predicted molar refractivity (Wildman–Crippen MR) is 184 cm³/mol. The number of ether oxygens (including phenoxy) is 5. The van der Waals surface area contributed by atoms with E-state index < -0.39 is 0 Å². The molecule has 0 atom stereocenters. The fraction of sp³-hybridized carbons (Fsp3) is 0.278. The fourth-order valence-corrected chi connectivity index (χ4v) is 4.90. The lowest BCUT2D eigenvalue weighted by molar-refractivity contribution is 0.311. The first-order valence-corrected chi connectivity index (χ1v) is 15.5. The molecule has 0 aliphatic heterocycles. The maximum absolute atomic E-state index is 6.28. The molecule has 0 amide bonds. The normalized spacial score (nSPS) is 11.5. The Morgan fingerprint density at radius 2 is 0.761 bits per heavy atom. The Morgan fingerprint density at radius 3 is 1.20 bits per heavy atom. The minimum atomic E-state index is 0.311. The lowest BCUT2D eigenvalue weighted by Gasteiger charge is -2.23. The molecule has 0 aliphatic rings. The van der Waals surface area contributed by atoms with Crippen LogP contribution in [-0.2, 0) is 0 Å². The van der Waals surface area contributed by atoms with Crippen LogP contribution in [0.2, 0.25) is 0 Å². The summed E-state index contributed by atoms with van der Waals surface area (Å²) in [6.45, 7) is 3.67. The first kappa shape index (κ1) is 34.3.